The molecule has 0 heteroatoms. The quantitative estimate of drug-likeness (QED) is 0.181. The maximum atomic E-state index is 2.65. The Kier molecular flexibility index (Phi) is 6.09. The van der Waals surface area contributed by atoms with Gasteiger partial charge in [0.1, 0.15) is 0 Å². The lowest BCUT2D eigenvalue weighted by molar-refractivity contribution is 0.384. The second kappa shape index (κ2) is 9.93. The number of benzene rings is 6. The fourth-order valence-electron chi connectivity index (χ4n) is 9.59. The highest BCUT2D eigenvalue weighted by molar-refractivity contribution is 6.02. The maximum absolute atomic E-state index is 2.65. The number of rotatable bonds is 2. The first-order valence-electron chi connectivity index (χ1n) is 17.7. The van der Waals surface area contributed by atoms with Crippen LogP contribution in [0.1, 0.15) is 87.8 Å². The molecule has 0 fully saturated rings. The summed E-state index contributed by atoms with van der Waals surface area (Å²) in [5, 5.41) is 2.76. The van der Waals surface area contributed by atoms with Gasteiger partial charge < -0.3 is 0 Å². The minimum Gasteiger partial charge on any atom is -0.0752 e. The van der Waals surface area contributed by atoms with Crippen LogP contribution in [0.5, 0.6) is 0 Å². The fourth-order valence-corrected chi connectivity index (χ4v) is 9.59. The van der Waals surface area contributed by atoms with E-state index in [0.717, 1.165) is 0 Å². The highest BCUT2D eigenvalue weighted by atomic mass is 14.5. The fraction of sp³-hybridized carbons (Fsp3) is 0.250. The minimum atomic E-state index is -0.0932. The normalized spacial score (nSPS) is 19.6. The summed E-state index contributed by atoms with van der Waals surface area (Å²) in [5.41, 5.74) is 18.2. The minimum absolute atomic E-state index is 0.0110. The van der Waals surface area contributed by atoms with Crippen molar-refractivity contribution in [3.63, 3.8) is 0 Å². The van der Waals surface area contributed by atoms with E-state index >= 15 is 0 Å². The molecule has 2 atom stereocenters. The lowest BCUT2D eigenvalue weighted by Gasteiger charge is -2.38. The summed E-state index contributed by atoms with van der Waals surface area (Å²) in [4.78, 5) is 0. The molecule has 0 saturated heterocycles. The topological polar surface area (TPSA) is 0 Å². The van der Waals surface area contributed by atoms with E-state index < -0.39 is 0 Å². The zero-order valence-corrected chi connectivity index (χ0v) is 29.3. The van der Waals surface area contributed by atoms with Gasteiger partial charge in [-0.3, -0.25) is 0 Å². The van der Waals surface area contributed by atoms with Crippen LogP contribution in [0.15, 0.2) is 127 Å². The van der Waals surface area contributed by atoms with Crippen LogP contribution in [0.3, 0.4) is 0 Å². The van der Waals surface area contributed by atoms with Gasteiger partial charge in [-0.15, -0.1) is 0 Å². The van der Waals surface area contributed by atoms with Crippen molar-refractivity contribution in [1.82, 2.24) is 0 Å². The van der Waals surface area contributed by atoms with Gasteiger partial charge in [0.15, 0.2) is 0 Å². The number of fused-ring (bicyclic) bond motifs is 10. The van der Waals surface area contributed by atoms with Gasteiger partial charge >= 0.3 is 0 Å². The number of hydrogen-bond donors (Lipinski definition) is 0. The summed E-state index contributed by atoms with van der Waals surface area (Å²) in [7, 11) is 0. The van der Waals surface area contributed by atoms with E-state index in [9.17, 15) is 0 Å². The van der Waals surface area contributed by atoms with Crippen LogP contribution in [0.25, 0.3) is 49.7 Å². The van der Waals surface area contributed by atoms with Crippen LogP contribution < -0.4 is 0 Å². The summed E-state index contributed by atoms with van der Waals surface area (Å²) in [5.74, 6) is 0.756. The molecule has 6 aromatic carbocycles. The molecule has 0 saturated carbocycles. The molecule has 6 aromatic rings. The summed E-state index contributed by atoms with van der Waals surface area (Å²) < 4.78 is 0. The first kappa shape index (κ1) is 29.5. The zero-order valence-electron chi connectivity index (χ0n) is 29.3. The van der Waals surface area contributed by atoms with Crippen LogP contribution in [0.2, 0.25) is 0 Å². The molecular formula is C48H44. The Balaban J connectivity index is 1.23. The second-order valence-corrected chi connectivity index (χ2v) is 16.6. The van der Waals surface area contributed by atoms with E-state index in [0.29, 0.717) is 11.8 Å². The third-order valence-corrected chi connectivity index (χ3v) is 12.1. The molecule has 0 bridgehead atoms. The molecule has 9 rings (SSSR count). The van der Waals surface area contributed by atoms with Crippen LogP contribution in [0.4, 0.5) is 0 Å². The maximum Gasteiger partial charge on any atom is 0.0176 e. The van der Waals surface area contributed by atoms with Crippen LogP contribution in [-0.4, -0.2) is 0 Å². The monoisotopic (exact) mass is 620 g/mol. The molecule has 0 aliphatic heterocycles. The van der Waals surface area contributed by atoms with Gasteiger partial charge in [-0.2, -0.15) is 0 Å². The van der Waals surface area contributed by atoms with E-state index in [-0.39, 0.29) is 16.2 Å². The van der Waals surface area contributed by atoms with Crippen molar-refractivity contribution in [2.75, 3.05) is 0 Å². The number of hydrogen-bond acceptors (Lipinski definition) is 0. The van der Waals surface area contributed by atoms with Crippen molar-refractivity contribution >= 4 is 16.3 Å². The third kappa shape index (κ3) is 4.02. The summed E-state index contributed by atoms with van der Waals surface area (Å²) in [6.07, 6.45) is 2.65. The lowest BCUT2D eigenvalue weighted by atomic mass is 9.65. The molecule has 2 unspecified atom stereocenters. The lowest BCUT2D eigenvalue weighted by Crippen LogP contribution is -2.29. The Bertz CT molecular complexity index is 2320. The van der Waals surface area contributed by atoms with Gasteiger partial charge in [-0.1, -0.05) is 158 Å². The van der Waals surface area contributed by atoms with E-state index in [2.05, 4.69) is 176 Å². The predicted octanol–water partition coefficient (Wildman–Crippen LogP) is 13.0. The van der Waals surface area contributed by atoms with Crippen LogP contribution >= 0.6 is 0 Å². The Morgan fingerprint density at radius 1 is 0.500 bits per heavy atom. The molecule has 0 aromatic heterocycles. The van der Waals surface area contributed by atoms with Crippen molar-refractivity contribution in [3.8, 4) is 33.4 Å². The largest absolute Gasteiger partial charge is 0.0752 e. The molecule has 3 aliphatic rings. The molecule has 0 N–H and O–H groups in total. The smallest absolute Gasteiger partial charge is 0.0176 e. The van der Waals surface area contributed by atoms with Gasteiger partial charge in [-0.05, 0) is 118 Å². The Hall–Kier alpha value is -4.68. The van der Waals surface area contributed by atoms with Gasteiger partial charge in [-0.25, -0.2) is 0 Å². The molecule has 0 nitrogen and oxygen atoms in total. The molecule has 0 amide bonds. The summed E-state index contributed by atoms with van der Waals surface area (Å²) in [6.45, 7) is 16.9. The van der Waals surface area contributed by atoms with Crippen molar-refractivity contribution in [1.29, 1.82) is 0 Å². The van der Waals surface area contributed by atoms with Gasteiger partial charge in [0.2, 0.25) is 0 Å². The molecule has 0 radical (unpaired) electrons. The SMILES string of the molecule is CC(C)(C)C1=CC2C(c3ccccc31)c1c(cc(-c3ccc4c(c3)C(C)(C)c3cc(-c5ccccc5)ccc3-4)c3ccccc13)C2(C)C. The Morgan fingerprint density at radius 3 is 1.81 bits per heavy atom. The third-order valence-electron chi connectivity index (χ3n) is 12.1. The summed E-state index contributed by atoms with van der Waals surface area (Å²) in [6, 6.07) is 46.1. The zero-order chi connectivity index (χ0) is 33.2. The first-order valence-corrected chi connectivity index (χ1v) is 17.7. The Morgan fingerprint density at radius 2 is 1.10 bits per heavy atom. The highest BCUT2D eigenvalue weighted by Gasteiger charge is 2.50. The molecular weight excluding hydrogens is 577 g/mol. The van der Waals surface area contributed by atoms with E-state index in [4.69, 9.17) is 0 Å². The molecule has 236 valence electrons. The molecule has 0 heterocycles. The van der Waals surface area contributed by atoms with Crippen molar-refractivity contribution < 1.29 is 0 Å². The second-order valence-electron chi connectivity index (χ2n) is 16.6. The molecule has 48 heavy (non-hydrogen) atoms. The number of allylic oxidation sites excluding steroid dienone is 2. The highest BCUT2D eigenvalue weighted by Crippen LogP contribution is 2.61. The summed E-state index contributed by atoms with van der Waals surface area (Å²) >= 11 is 0. The van der Waals surface area contributed by atoms with E-state index in [1.807, 2.05) is 0 Å². The van der Waals surface area contributed by atoms with Crippen molar-refractivity contribution in [3.05, 3.63) is 161 Å². The van der Waals surface area contributed by atoms with Crippen molar-refractivity contribution in [2.45, 2.75) is 65.2 Å². The van der Waals surface area contributed by atoms with Gasteiger partial charge in [0.05, 0.1) is 0 Å². The molecule has 0 spiro atoms. The van der Waals surface area contributed by atoms with E-state index in [1.165, 1.54) is 83.1 Å². The van der Waals surface area contributed by atoms with Gasteiger partial charge in [0, 0.05) is 11.3 Å². The van der Waals surface area contributed by atoms with E-state index in [1.54, 1.807) is 0 Å². The standard InChI is InChI=1S/C48H44/c1-46(2,3)39-28-43-45(37-20-14-12-18-33(37)39)44-36-19-13-11-17-32(36)38(27-42(44)48(43,6)7)31-22-24-35-34-23-21-30(29-15-9-8-10-16-29)25-40(34)47(4,5)41(35)26-31/h8-28,43,45H,1-7H3. The van der Waals surface area contributed by atoms with Crippen LogP contribution in [-0.2, 0) is 10.8 Å². The first-order chi connectivity index (χ1) is 23.0. The van der Waals surface area contributed by atoms with Crippen LogP contribution in [0, 0.1) is 11.3 Å². The average molecular weight is 621 g/mol. The average Bonchev–Trinajstić information content (AvgIpc) is 3.46. The Labute approximate surface area is 286 Å². The van der Waals surface area contributed by atoms with Crippen molar-refractivity contribution in [2.24, 2.45) is 11.3 Å². The molecule has 3 aliphatic carbocycles. The predicted molar refractivity (Wildman–Crippen MR) is 205 cm³/mol. The van der Waals surface area contributed by atoms with Gasteiger partial charge in [0.25, 0.3) is 0 Å².